The van der Waals surface area contributed by atoms with E-state index in [2.05, 4.69) is 18.0 Å². The third kappa shape index (κ3) is 6.84. The second-order valence-corrected chi connectivity index (χ2v) is 10.0. The number of rotatable bonds is 12. The third-order valence-corrected chi connectivity index (χ3v) is 7.33. The molecule has 2 atom stereocenters. The first-order valence-electron chi connectivity index (χ1n) is 12.1. The van der Waals surface area contributed by atoms with Crippen LogP contribution in [0.1, 0.15) is 40.6 Å². The van der Waals surface area contributed by atoms with Gasteiger partial charge >= 0.3 is 0 Å². The van der Waals surface area contributed by atoms with Gasteiger partial charge in [-0.1, -0.05) is 23.8 Å². The SMILES string of the molecule is C=CCCC(O)CN(CC(=O)N1CCc2sccc2C1COc1ccc(C)cc1)Cc1ccco1. The molecule has 6 nitrogen and oxygen atoms in total. The van der Waals surface area contributed by atoms with Crippen molar-refractivity contribution in [3.63, 3.8) is 0 Å². The minimum Gasteiger partial charge on any atom is -0.491 e. The Bertz CT molecular complexity index is 1080. The minimum absolute atomic E-state index is 0.0295. The van der Waals surface area contributed by atoms with Crippen molar-refractivity contribution >= 4 is 17.2 Å². The first kappa shape index (κ1) is 25.2. The first-order chi connectivity index (χ1) is 17.0. The van der Waals surface area contributed by atoms with E-state index in [1.165, 1.54) is 16.0 Å². The molecule has 2 unspecified atom stereocenters. The molecule has 0 saturated heterocycles. The minimum atomic E-state index is -0.540. The number of hydrogen-bond donors (Lipinski definition) is 1. The molecule has 3 heterocycles. The summed E-state index contributed by atoms with van der Waals surface area (Å²) in [6.07, 6.45) is 5.08. The fourth-order valence-electron chi connectivity index (χ4n) is 4.47. The molecule has 4 rings (SSSR count). The molecule has 1 aliphatic heterocycles. The number of fused-ring (bicyclic) bond motifs is 1. The summed E-state index contributed by atoms with van der Waals surface area (Å²) in [7, 11) is 0. The summed E-state index contributed by atoms with van der Waals surface area (Å²) in [6.45, 7) is 7.90. The predicted octanol–water partition coefficient (Wildman–Crippen LogP) is 4.98. The average Bonchev–Trinajstić information content (AvgIpc) is 3.54. The summed E-state index contributed by atoms with van der Waals surface area (Å²) >= 11 is 1.74. The highest BCUT2D eigenvalue weighted by Gasteiger charge is 2.33. The first-order valence-corrected chi connectivity index (χ1v) is 13.0. The topological polar surface area (TPSA) is 66.2 Å². The zero-order valence-corrected chi connectivity index (χ0v) is 21.1. The molecule has 1 amide bonds. The van der Waals surface area contributed by atoms with Crippen LogP contribution >= 0.6 is 11.3 Å². The van der Waals surface area contributed by atoms with Crippen LogP contribution < -0.4 is 4.74 Å². The van der Waals surface area contributed by atoms with E-state index in [4.69, 9.17) is 9.15 Å². The number of thiophene rings is 1. The van der Waals surface area contributed by atoms with Gasteiger partial charge in [-0.25, -0.2) is 0 Å². The molecule has 0 fully saturated rings. The van der Waals surface area contributed by atoms with Crippen LogP contribution in [0.25, 0.3) is 0 Å². The number of amides is 1. The summed E-state index contributed by atoms with van der Waals surface area (Å²) < 4.78 is 11.7. The number of ether oxygens (including phenoxy) is 1. The smallest absolute Gasteiger partial charge is 0.237 e. The highest BCUT2D eigenvalue weighted by atomic mass is 32.1. The zero-order chi connectivity index (χ0) is 24.6. The van der Waals surface area contributed by atoms with Gasteiger partial charge in [0.2, 0.25) is 5.91 Å². The number of benzene rings is 1. The second kappa shape index (κ2) is 12.2. The van der Waals surface area contributed by atoms with Gasteiger partial charge < -0.3 is 19.2 Å². The van der Waals surface area contributed by atoms with Crippen molar-refractivity contribution in [1.29, 1.82) is 0 Å². The summed E-state index contributed by atoms with van der Waals surface area (Å²) in [6, 6.07) is 13.7. The van der Waals surface area contributed by atoms with Crippen LogP contribution in [-0.2, 0) is 17.8 Å². The fraction of sp³-hybridized carbons (Fsp3) is 0.393. The lowest BCUT2D eigenvalue weighted by Gasteiger charge is -2.37. The lowest BCUT2D eigenvalue weighted by atomic mass is 10.0. The van der Waals surface area contributed by atoms with Crippen LogP contribution in [0.4, 0.5) is 0 Å². The van der Waals surface area contributed by atoms with Crippen molar-refractivity contribution in [3.05, 3.63) is 88.5 Å². The van der Waals surface area contributed by atoms with E-state index in [0.717, 1.165) is 24.4 Å². The largest absolute Gasteiger partial charge is 0.491 e. The molecule has 1 aromatic carbocycles. The van der Waals surface area contributed by atoms with Gasteiger partial charge in [-0.15, -0.1) is 17.9 Å². The molecule has 0 radical (unpaired) electrons. The average molecular weight is 495 g/mol. The molecular weight excluding hydrogens is 460 g/mol. The summed E-state index contributed by atoms with van der Waals surface area (Å²) in [5, 5.41) is 12.6. The zero-order valence-electron chi connectivity index (χ0n) is 20.3. The monoisotopic (exact) mass is 494 g/mol. The van der Waals surface area contributed by atoms with E-state index in [1.54, 1.807) is 23.7 Å². The molecule has 35 heavy (non-hydrogen) atoms. The quantitative estimate of drug-likeness (QED) is 0.360. The maximum absolute atomic E-state index is 13.6. The molecule has 2 aromatic heterocycles. The van der Waals surface area contributed by atoms with E-state index < -0.39 is 6.10 Å². The van der Waals surface area contributed by atoms with Gasteiger partial charge in [0.25, 0.3) is 0 Å². The number of aryl methyl sites for hydroxylation is 1. The lowest BCUT2D eigenvalue weighted by Crippen LogP contribution is -2.47. The molecule has 0 saturated carbocycles. The molecule has 0 aliphatic carbocycles. The van der Waals surface area contributed by atoms with Gasteiger partial charge in [-0.3, -0.25) is 9.69 Å². The van der Waals surface area contributed by atoms with Crippen LogP contribution in [0.15, 0.2) is 71.2 Å². The number of hydrogen-bond acceptors (Lipinski definition) is 6. The van der Waals surface area contributed by atoms with Gasteiger partial charge in [-0.2, -0.15) is 0 Å². The van der Waals surface area contributed by atoms with Crippen LogP contribution in [0, 0.1) is 6.92 Å². The molecule has 1 N–H and O–H groups in total. The number of carbonyl (C=O) groups is 1. The van der Waals surface area contributed by atoms with Crippen LogP contribution in [0.5, 0.6) is 5.75 Å². The third-order valence-electron chi connectivity index (χ3n) is 6.34. The number of allylic oxidation sites excluding steroid dienone is 1. The molecular formula is C28H34N2O4S. The second-order valence-electron chi connectivity index (χ2n) is 9.04. The summed E-state index contributed by atoms with van der Waals surface area (Å²) in [5.41, 5.74) is 2.35. The van der Waals surface area contributed by atoms with Crippen molar-refractivity contribution < 1.29 is 19.1 Å². The Morgan fingerprint density at radius 3 is 2.91 bits per heavy atom. The van der Waals surface area contributed by atoms with E-state index >= 15 is 0 Å². The van der Waals surface area contributed by atoms with Crippen LogP contribution in [0.2, 0.25) is 0 Å². The molecule has 3 aromatic rings. The maximum atomic E-state index is 13.6. The normalized spacial score (nSPS) is 16.2. The number of nitrogens with zero attached hydrogens (tertiary/aromatic N) is 2. The fourth-order valence-corrected chi connectivity index (χ4v) is 5.40. The number of furan rings is 1. The lowest BCUT2D eigenvalue weighted by molar-refractivity contribution is -0.136. The van der Waals surface area contributed by atoms with Gasteiger partial charge in [0.1, 0.15) is 18.1 Å². The Kier molecular flexibility index (Phi) is 8.79. The van der Waals surface area contributed by atoms with Gasteiger partial charge in [0, 0.05) is 18.0 Å². The predicted molar refractivity (Wildman–Crippen MR) is 139 cm³/mol. The van der Waals surface area contributed by atoms with Crippen LogP contribution in [-0.4, -0.2) is 53.2 Å². The molecule has 1 aliphatic rings. The molecule has 0 spiro atoms. The Morgan fingerprint density at radius 2 is 2.17 bits per heavy atom. The highest BCUT2D eigenvalue weighted by molar-refractivity contribution is 7.10. The Hall–Kier alpha value is -2.87. The van der Waals surface area contributed by atoms with Crippen molar-refractivity contribution in [3.8, 4) is 5.75 Å². The van der Waals surface area contributed by atoms with E-state index in [1.807, 2.05) is 53.1 Å². The van der Waals surface area contributed by atoms with Crippen molar-refractivity contribution in [2.24, 2.45) is 0 Å². The van der Waals surface area contributed by atoms with E-state index in [9.17, 15) is 9.90 Å². The summed E-state index contributed by atoms with van der Waals surface area (Å²) in [4.78, 5) is 18.9. The Morgan fingerprint density at radius 1 is 1.34 bits per heavy atom. The number of carbonyl (C=O) groups excluding carboxylic acids is 1. The Labute approximate surface area is 211 Å². The number of aliphatic hydroxyl groups excluding tert-OH is 1. The maximum Gasteiger partial charge on any atom is 0.237 e. The molecule has 7 heteroatoms. The van der Waals surface area contributed by atoms with E-state index in [0.29, 0.717) is 32.7 Å². The van der Waals surface area contributed by atoms with Crippen LogP contribution in [0.3, 0.4) is 0 Å². The Balaban J connectivity index is 1.47. The van der Waals surface area contributed by atoms with E-state index in [-0.39, 0.29) is 18.5 Å². The molecule has 186 valence electrons. The van der Waals surface area contributed by atoms with Gasteiger partial charge in [-0.05, 0) is 67.5 Å². The summed E-state index contributed by atoms with van der Waals surface area (Å²) in [5.74, 6) is 1.60. The van der Waals surface area contributed by atoms with Crippen molar-refractivity contribution in [1.82, 2.24) is 9.80 Å². The van der Waals surface area contributed by atoms with Crippen molar-refractivity contribution in [2.75, 3.05) is 26.2 Å². The molecule has 0 bridgehead atoms. The standard InChI is InChI=1S/C28H34N2O4S/c1-3-4-6-22(31)17-29(18-24-7-5-15-33-24)19-28(32)30-14-12-27-25(13-16-35-27)26(30)20-34-23-10-8-21(2)9-11-23/h3,5,7-11,13,15-16,22,26,31H,1,4,6,12,14,17-20H2,2H3. The van der Waals surface area contributed by atoms with Gasteiger partial charge in [0.05, 0.1) is 31.5 Å². The highest BCUT2D eigenvalue weighted by Crippen LogP contribution is 2.34. The van der Waals surface area contributed by atoms with Crippen molar-refractivity contribution in [2.45, 2.75) is 44.9 Å². The number of aliphatic hydroxyl groups is 1. The van der Waals surface area contributed by atoms with Gasteiger partial charge in [0.15, 0.2) is 0 Å².